The molecule has 2 aromatic heterocycles. The SMILES string of the molecule is COc1ccc(-c2nnc(SC(C)C(=O)c3c[nH]c4ccccc34)n2CC2CCCO2)cc1. The Labute approximate surface area is 196 Å². The van der Waals surface area contributed by atoms with Crippen LogP contribution in [0.2, 0.25) is 0 Å². The first kappa shape index (κ1) is 21.7. The van der Waals surface area contributed by atoms with Gasteiger partial charge in [0.2, 0.25) is 0 Å². The van der Waals surface area contributed by atoms with Crippen LogP contribution in [0.3, 0.4) is 0 Å². The summed E-state index contributed by atoms with van der Waals surface area (Å²) in [5, 5.41) is 10.3. The van der Waals surface area contributed by atoms with E-state index in [1.807, 2.05) is 55.5 Å². The molecule has 1 aliphatic heterocycles. The standard InChI is InChI=1S/C25H26N4O3S/c1-16(23(30)21-14-26-22-8-4-3-7-20(21)22)33-25-28-27-24(17-9-11-18(31-2)12-10-17)29(25)15-19-6-5-13-32-19/h3-4,7-12,14,16,19,26H,5-6,13,15H2,1-2H3. The van der Waals surface area contributed by atoms with Gasteiger partial charge in [-0.2, -0.15) is 0 Å². The second-order valence-corrected chi connectivity index (χ2v) is 9.46. The number of benzene rings is 2. The minimum atomic E-state index is -0.319. The summed E-state index contributed by atoms with van der Waals surface area (Å²) in [4.78, 5) is 16.5. The molecule has 33 heavy (non-hydrogen) atoms. The van der Waals surface area contributed by atoms with Gasteiger partial charge in [-0.25, -0.2) is 0 Å². The molecule has 1 fully saturated rings. The van der Waals surface area contributed by atoms with Gasteiger partial charge in [-0.3, -0.25) is 9.36 Å². The van der Waals surface area contributed by atoms with Crippen LogP contribution >= 0.6 is 11.8 Å². The maximum Gasteiger partial charge on any atom is 0.192 e. The molecule has 5 rings (SSSR count). The normalized spacial score (nSPS) is 16.8. The van der Waals surface area contributed by atoms with Crippen molar-refractivity contribution in [3.63, 3.8) is 0 Å². The van der Waals surface area contributed by atoms with Crippen molar-refractivity contribution in [2.75, 3.05) is 13.7 Å². The van der Waals surface area contributed by atoms with Crippen molar-refractivity contribution in [2.24, 2.45) is 0 Å². The fourth-order valence-electron chi connectivity index (χ4n) is 4.19. The number of Topliss-reactive ketones (excluding diaryl/α,β-unsaturated/α-hetero) is 1. The molecule has 0 spiro atoms. The number of hydrogen-bond acceptors (Lipinski definition) is 6. The number of carbonyl (C=O) groups excluding carboxylic acids is 1. The van der Waals surface area contributed by atoms with Crippen LogP contribution in [0.4, 0.5) is 0 Å². The largest absolute Gasteiger partial charge is 0.497 e. The first-order valence-electron chi connectivity index (χ1n) is 11.1. The molecule has 1 N–H and O–H groups in total. The number of carbonyl (C=O) groups is 1. The number of ether oxygens (including phenoxy) is 2. The zero-order valence-electron chi connectivity index (χ0n) is 18.7. The molecule has 0 aliphatic carbocycles. The van der Waals surface area contributed by atoms with E-state index in [1.165, 1.54) is 11.8 Å². The van der Waals surface area contributed by atoms with Gasteiger partial charge in [0.25, 0.3) is 0 Å². The predicted molar refractivity (Wildman–Crippen MR) is 129 cm³/mol. The lowest BCUT2D eigenvalue weighted by molar-refractivity contribution is 0.0953. The predicted octanol–water partition coefficient (Wildman–Crippen LogP) is 4.98. The highest BCUT2D eigenvalue weighted by Gasteiger charge is 2.26. The van der Waals surface area contributed by atoms with Crippen LogP contribution in [-0.2, 0) is 11.3 Å². The van der Waals surface area contributed by atoms with Crippen molar-refractivity contribution in [3.05, 3.63) is 60.3 Å². The third-order valence-corrected chi connectivity index (χ3v) is 7.06. The van der Waals surface area contributed by atoms with Gasteiger partial charge in [0, 0.05) is 34.8 Å². The molecule has 0 bridgehead atoms. The van der Waals surface area contributed by atoms with Gasteiger partial charge >= 0.3 is 0 Å². The van der Waals surface area contributed by atoms with Crippen LogP contribution in [0.25, 0.3) is 22.3 Å². The second-order valence-electron chi connectivity index (χ2n) is 8.15. The summed E-state index contributed by atoms with van der Waals surface area (Å²) < 4.78 is 13.3. The number of methoxy groups -OCH3 is 1. The van der Waals surface area contributed by atoms with E-state index in [-0.39, 0.29) is 17.1 Å². The van der Waals surface area contributed by atoms with E-state index in [4.69, 9.17) is 9.47 Å². The second kappa shape index (κ2) is 9.41. The maximum atomic E-state index is 13.3. The zero-order valence-corrected chi connectivity index (χ0v) is 19.5. The van der Waals surface area contributed by atoms with Crippen LogP contribution in [0.5, 0.6) is 5.75 Å². The summed E-state index contributed by atoms with van der Waals surface area (Å²) in [5.74, 6) is 1.62. The molecule has 2 aromatic carbocycles. The van der Waals surface area contributed by atoms with E-state index in [2.05, 4.69) is 19.7 Å². The molecule has 2 unspecified atom stereocenters. The van der Waals surface area contributed by atoms with Gasteiger partial charge in [0.1, 0.15) is 5.75 Å². The number of nitrogens with zero attached hydrogens (tertiary/aromatic N) is 3. The summed E-state index contributed by atoms with van der Waals surface area (Å²) in [7, 11) is 1.65. The third-order valence-electron chi connectivity index (χ3n) is 5.98. The Morgan fingerprint density at radius 3 is 2.82 bits per heavy atom. The molecule has 170 valence electrons. The van der Waals surface area contributed by atoms with E-state index in [0.29, 0.717) is 12.1 Å². The molecular formula is C25H26N4O3S. The highest BCUT2D eigenvalue weighted by atomic mass is 32.2. The van der Waals surface area contributed by atoms with Crippen LogP contribution in [0.1, 0.15) is 30.1 Å². The number of aromatic amines is 1. The Kier molecular flexibility index (Phi) is 6.20. The summed E-state index contributed by atoms with van der Waals surface area (Å²) in [5.41, 5.74) is 2.61. The molecule has 4 aromatic rings. The summed E-state index contributed by atoms with van der Waals surface area (Å²) in [6.45, 7) is 3.36. The number of hydrogen-bond donors (Lipinski definition) is 1. The van der Waals surface area contributed by atoms with E-state index in [1.54, 1.807) is 13.3 Å². The minimum absolute atomic E-state index is 0.0649. The number of ketones is 1. The fraction of sp³-hybridized carbons (Fsp3) is 0.320. The van der Waals surface area contributed by atoms with E-state index >= 15 is 0 Å². The van der Waals surface area contributed by atoms with Crippen LogP contribution in [0, 0.1) is 0 Å². The lowest BCUT2D eigenvalue weighted by atomic mass is 10.1. The van der Waals surface area contributed by atoms with E-state index < -0.39 is 0 Å². The van der Waals surface area contributed by atoms with Crippen LogP contribution in [0.15, 0.2) is 59.9 Å². The van der Waals surface area contributed by atoms with Crippen molar-refractivity contribution < 1.29 is 14.3 Å². The zero-order chi connectivity index (χ0) is 22.8. The Morgan fingerprint density at radius 1 is 1.24 bits per heavy atom. The number of fused-ring (bicyclic) bond motifs is 1. The number of H-pyrrole nitrogens is 1. The minimum Gasteiger partial charge on any atom is -0.497 e. The monoisotopic (exact) mass is 462 g/mol. The number of para-hydroxylation sites is 1. The third kappa shape index (κ3) is 4.41. The van der Waals surface area contributed by atoms with Crippen molar-refractivity contribution in [2.45, 2.75) is 42.8 Å². The van der Waals surface area contributed by atoms with Crippen molar-refractivity contribution in [1.82, 2.24) is 19.7 Å². The van der Waals surface area contributed by atoms with Gasteiger partial charge in [0.15, 0.2) is 16.8 Å². The van der Waals surface area contributed by atoms with Crippen LogP contribution in [-0.4, -0.2) is 50.6 Å². The number of rotatable bonds is 8. The highest BCUT2D eigenvalue weighted by Crippen LogP contribution is 2.31. The smallest absolute Gasteiger partial charge is 0.192 e. The Morgan fingerprint density at radius 2 is 2.06 bits per heavy atom. The molecule has 8 heteroatoms. The average molecular weight is 463 g/mol. The first-order valence-corrected chi connectivity index (χ1v) is 12.0. The lowest BCUT2D eigenvalue weighted by Gasteiger charge is -2.16. The Hall–Kier alpha value is -3.10. The number of nitrogens with one attached hydrogen (secondary N) is 1. The lowest BCUT2D eigenvalue weighted by Crippen LogP contribution is -2.19. The summed E-state index contributed by atoms with van der Waals surface area (Å²) >= 11 is 1.44. The van der Waals surface area contributed by atoms with Gasteiger partial charge in [-0.15, -0.1) is 10.2 Å². The number of thioether (sulfide) groups is 1. The van der Waals surface area contributed by atoms with E-state index in [0.717, 1.165) is 52.6 Å². The molecule has 0 radical (unpaired) electrons. The molecule has 1 saturated heterocycles. The summed E-state index contributed by atoms with van der Waals surface area (Å²) in [6.07, 6.45) is 3.98. The molecule has 7 nitrogen and oxygen atoms in total. The maximum absolute atomic E-state index is 13.3. The fourth-order valence-corrected chi connectivity index (χ4v) is 5.12. The van der Waals surface area contributed by atoms with Crippen molar-refractivity contribution in [3.8, 4) is 17.1 Å². The molecule has 0 saturated carbocycles. The van der Waals surface area contributed by atoms with Crippen molar-refractivity contribution in [1.29, 1.82) is 0 Å². The molecule has 2 atom stereocenters. The summed E-state index contributed by atoms with van der Waals surface area (Å²) in [6, 6.07) is 15.6. The Bertz CT molecular complexity index is 1260. The van der Waals surface area contributed by atoms with Crippen LogP contribution < -0.4 is 4.74 Å². The van der Waals surface area contributed by atoms with Gasteiger partial charge < -0.3 is 14.5 Å². The topological polar surface area (TPSA) is 82.0 Å². The molecule has 1 aliphatic rings. The van der Waals surface area contributed by atoms with Crippen molar-refractivity contribution >= 4 is 28.4 Å². The quantitative estimate of drug-likeness (QED) is 0.294. The number of aromatic nitrogens is 4. The molecule has 0 amide bonds. The van der Waals surface area contributed by atoms with Gasteiger partial charge in [0.05, 0.1) is 25.0 Å². The highest BCUT2D eigenvalue weighted by molar-refractivity contribution is 8.00. The molecule has 3 heterocycles. The average Bonchev–Trinajstić information content (AvgIpc) is 3.60. The van der Waals surface area contributed by atoms with Gasteiger partial charge in [-0.05, 0) is 50.1 Å². The first-order chi connectivity index (χ1) is 16.1. The Balaban J connectivity index is 1.43. The van der Waals surface area contributed by atoms with Gasteiger partial charge in [-0.1, -0.05) is 30.0 Å². The van der Waals surface area contributed by atoms with E-state index in [9.17, 15) is 4.79 Å². The molecular weight excluding hydrogens is 436 g/mol.